The molecule has 0 bridgehead atoms. The van der Waals surface area contributed by atoms with Gasteiger partial charge in [0.1, 0.15) is 0 Å². The molecule has 0 fully saturated rings. The lowest BCUT2D eigenvalue weighted by atomic mass is 10.1. The molecule has 0 aliphatic rings. The lowest BCUT2D eigenvalue weighted by Crippen LogP contribution is -2.09. The van der Waals surface area contributed by atoms with Gasteiger partial charge in [-0.15, -0.1) is 0 Å². The number of anilines is 1. The average molecular weight is 203 g/mol. The smallest absolute Gasteiger partial charge is 0.266 e. The molecule has 1 aromatic carbocycles. The van der Waals surface area contributed by atoms with Gasteiger partial charge in [-0.05, 0) is 17.7 Å². The van der Waals surface area contributed by atoms with E-state index in [9.17, 15) is 4.79 Å². The molecule has 0 spiro atoms. The van der Waals surface area contributed by atoms with Crippen LogP contribution in [0.25, 0.3) is 0 Å². The highest BCUT2D eigenvalue weighted by Crippen LogP contribution is 2.08. The molecule has 4 heteroatoms. The van der Waals surface area contributed by atoms with E-state index in [0.29, 0.717) is 0 Å². The van der Waals surface area contributed by atoms with Crippen LogP contribution in [0.5, 0.6) is 0 Å². The van der Waals surface area contributed by atoms with E-state index in [1.165, 1.54) is 4.68 Å². The number of nitrogens with one attached hydrogen (secondary N) is 1. The third kappa shape index (κ3) is 2.10. The van der Waals surface area contributed by atoms with Crippen molar-refractivity contribution in [2.45, 2.75) is 6.42 Å². The molecular weight excluding hydrogens is 190 g/mol. The second kappa shape index (κ2) is 3.65. The van der Waals surface area contributed by atoms with Crippen molar-refractivity contribution in [2.24, 2.45) is 7.05 Å². The molecule has 1 heterocycles. The van der Waals surface area contributed by atoms with Crippen molar-refractivity contribution in [2.75, 3.05) is 5.73 Å². The van der Waals surface area contributed by atoms with Crippen LogP contribution in [0.2, 0.25) is 0 Å². The highest BCUT2D eigenvalue weighted by atomic mass is 16.1. The maximum absolute atomic E-state index is 11.2. The van der Waals surface area contributed by atoms with Crippen molar-refractivity contribution in [3.63, 3.8) is 0 Å². The zero-order valence-electron chi connectivity index (χ0n) is 8.53. The summed E-state index contributed by atoms with van der Waals surface area (Å²) < 4.78 is 1.46. The van der Waals surface area contributed by atoms with Crippen LogP contribution in [0.15, 0.2) is 35.1 Å². The molecule has 0 aliphatic heterocycles. The number of hydrogen-bond acceptors (Lipinski definition) is 2. The Morgan fingerprint density at radius 1 is 1.33 bits per heavy atom. The molecule has 0 amide bonds. The van der Waals surface area contributed by atoms with Crippen molar-refractivity contribution in [1.29, 1.82) is 0 Å². The number of aryl methyl sites for hydroxylation is 1. The Labute approximate surface area is 87.3 Å². The molecule has 0 aliphatic carbocycles. The van der Waals surface area contributed by atoms with Gasteiger partial charge in [0.2, 0.25) is 0 Å². The average Bonchev–Trinajstić information content (AvgIpc) is 2.50. The van der Waals surface area contributed by atoms with E-state index in [0.717, 1.165) is 23.4 Å². The van der Waals surface area contributed by atoms with Gasteiger partial charge < -0.3 is 5.73 Å². The molecule has 0 radical (unpaired) electrons. The van der Waals surface area contributed by atoms with E-state index in [1.807, 2.05) is 24.3 Å². The molecule has 78 valence electrons. The molecule has 2 aromatic rings. The van der Waals surface area contributed by atoms with Crippen LogP contribution >= 0.6 is 0 Å². The van der Waals surface area contributed by atoms with E-state index in [1.54, 1.807) is 13.1 Å². The van der Waals surface area contributed by atoms with Gasteiger partial charge >= 0.3 is 0 Å². The maximum atomic E-state index is 11.2. The molecule has 3 N–H and O–H groups in total. The van der Waals surface area contributed by atoms with Crippen LogP contribution in [-0.4, -0.2) is 9.78 Å². The van der Waals surface area contributed by atoms with Crippen LogP contribution in [0.1, 0.15) is 11.3 Å². The summed E-state index contributed by atoms with van der Waals surface area (Å²) in [5.41, 5.74) is 8.36. The molecule has 2 rings (SSSR count). The summed E-state index contributed by atoms with van der Waals surface area (Å²) >= 11 is 0. The van der Waals surface area contributed by atoms with E-state index in [4.69, 9.17) is 5.73 Å². The molecule has 1 aromatic heterocycles. The predicted molar refractivity (Wildman–Crippen MR) is 59.7 cm³/mol. The Bertz CT molecular complexity index is 507. The van der Waals surface area contributed by atoms with Gasteiger partial charge in [-0.3, -0.25) is 14.6 Å². The highest BCUT2D eigenvalue weighted by molar-refractivity contribution is 5.40. The fourth-order valence-electron chi connectivity index (χ4n) is 1.49. The lowest BCUT2D eigenvalue weighted by Gasteiger charge is -1.99. The number of aromatic amines is 1. The number of nitrogens with zero attached hydrogens (tertiary/aromatic N) is 1. The third-order valence-electron chi connectivity index (χ3n) is 2.31. The minimum atomic E-state index is -0.0135. The normalized spacial score (nSPS) is 10.5. The van der Waals surface area contributed by atoms with Crippen LogP contribution in [0.4, 0.5) is 5.69 Å². The Morgan fingerprint density at radius 2 is 2.00 bits per heavy atom. The third-order valence-corrected chi connectivity index (χ3v) is 2.31. The number of nitrogen functional groups attached to an aromatic ring is 1. The first-order chi connectivity index (χ1) is 7.15. The SMILES string of the molecule is Cn1[nH]c(Cc2ccc(N)cc2)cc1=O. The Kier molecular flexibility index (Phi) is 2.33. The summed E-state index contributed by atoms with van der Waals surface area (Å²) in [5.74, 6) is 0. The Morgan fingerprint density at radius 3 is 2.53 bits per heavy atom. The van der Waals surface area contributed by atoms with E-state index >= 15 is 0 Å². The van der Waals surface area contributed by atoms with Gasteiger partial charge in [-0.2, -0.15) is 0 Å². The van der Waals surface area contributed by atoms with Crippen LogP contribution < -0.4 is 11.3 Å². The van der Waals surface area contributed by atoms with Crippen molar-refractivity contribution in [3.05, 3.63) is 51.9 Å². The molecule has 0 saturated heterocycles. The summed E-state index contributed by atoms with van der Waals surface area (Å²) in [4.78, 5) is 11.2. The van der Waals surface area contributed by atoms with Crippen molar-refractivity contribution < 1.29 is 0 Å². The lowest BCUT2D eigenvalue weighted by molar-refractivity contribution is 0.725. The monoisotopic (exact) mass is 203 g/mol. The van der Waals surface area contributed by atoms with Crippen LogP contribution in [0.3, 0.4) is 0 Å². The Balaban J connectivity index is 2.22. The minimum Gasteiger partial charge on any atom is -0.399 e. The summed E-state index contributed by atoms with van der Waals surface area (Å²) in [6.07, 6.45) is 0.719. The van der Waals surface area contributed by atoms with Gasteiger partial charge in [0.15, 0.2) is 0 Å². The van der Waals surface area contributed by atoms with Gasteiger partial charge in [-0.25, -0.2) is 0 Å². The Hall–Kier alpha value is -1.97. The van der Waals surface area contributed by atoms with Gasteiger partial charge in [0.05, 0.1) is 0 Å². The largest absolute Gasteiger partial charge is 0.399 e. The maximum Gasteiger partial charge on any atom is 0.266 e. The summed E-state index contributed by atoms with van der Waals surface area (Å²) in [7, 11) is 1.70. The van der Waals surface area contributed by atoms with E-state index in [2.05, 4.69) is 5.10 Å². The molecule has 0 unspecified atom stereocenters. The van der Waals surface area contributed by atoms with E-state index < -0.39 is 0 Å². The number of H-pyrrole nitrogens is 1. The van der Waals surface area contributed by atoms with Crippen LogP contribution in [0, 0.1) is 0 Å². The molecule has 0 atom stereocenters. The number of hydrogen-bond donors (Lipinski definition) is 2. The topological polar surface area (TPSA) is 63.8 Å². The first kappa shape index (κ1) is 9.58. The minimum absolute atomic E-state index is 0.0135. The second-order valence-electron chi connectivity index (χ2n) is 3.60. The number of rotatable bonds is 2. The van der Waals surface area contributed by atoms with E-state index in [-0.39, 0.29) is 5.56 Å². The fourth-order valence-corrected chi connectivity index (χ4v) is 1.49. The first-order valence-corrected chi connectivity index (χ1v) is 4.74. The van der Waals surface area contributed by atoms with Crippen LogP contribution in [-0.2, 0) is 13.5 Å². The number of nitrogens with two attached hydrogens (primary N) is 1. The number of benzene rings is 1. The highest BCUT2D eigenvalue weighted by Gasteiger charge is 2.00. The second-order valence-corrected chi connectivity index (χ2v) is 3.60. The first-order valence-electron chi connectivity index (χ1n) is 4.74. The zero-order valence-corrected chi connectivity index (χ0v) is 8.53. The summed E-state index contributed by atoms with van der Waals surface area (Å²) in [6, 6.07) is 9.24. The van der Waals surface area contributed by atoms with Crippen molar-refractivity contribution in [3.8, 4) is 0 Å². The standard InChI is InChI=1S/C11H13N3O/c1-14-11(15)7-10(13-14)6-8-2-4-9(12)5-3-8/h2-5,7,13H,6,12H2,1H3. The molecule has 4 nitrogen and oxygen atoms in total. The fraction of sp³-hybridized carbons (Fsp3) is 0.182. The predicted octanol–water partition coefficient (Wildman–Crippen LogP) is 0.886. The molecular formula is C11H13N3O. The summed E-state index contributed by atoms with van der Waals surface area (Å²) in [6.45, 7) is 0. The van der Waals surface area contributed by atoms with Gasteiger partial charge in [0, 0.05) is 30.9 Å². The summed E-state index contributed by atoms with van der Waals surface area (Å²) in [5, 5.41) is 2.98. The quantitative estimate of drug-likeness (QED) is 0.712. The van der Waals surface area contributed by atoms with Crippen molar-refractivity contribution >= 4 is 5.69 Å². The van der Waals surface area contributed by atoms with Gasteiger partial charge in [0.25, 0.3) is 5.56 Å². The molecule has 0 saturated carbocycles. The molecule has 15 heavy (non-hydrogen) atoms. The van der Waals surface area contributed by atoms with Gasteiger partial charge in [-0.1, -0.05) is 12.1 Å². The number of aromatic nitrogens is 2. The zero-order chi connectivity index (χ0) is 10.8. The van der Waals surface area contributed by atoms with Crippen molar-refractivity contribution in [1.82, 2.24) is 9.78 Å².